The molecule has 158 valence electrons. The number of allylic oxidation sites excluding steroid dienone is 1. The van der Waals surface area contributed by atoms with E-state index in [4.69, 9.17) is 4.74 Å². The molecule has 2 aromatic heterocycles. The number of hydrogen-bond donors (Lipinski definition) is 0. The standard InChI is InChI=1S/C25H25N3OS2/c1-5-13-28-24(22-16-30-18(3)23(22)20-11-9-17(2)10-12-20)26-27-25(28)31-15-19-7-6-8-21(14-19)29-4/h5-12,14,16H,1,13,15H2,2-4H3. The quantitative estimate of drug-likeness (QED) is 0.220. The highest BCUT2D eigenvalue weighted by atomic mass is 32.2. The maximum atomic E-state index is 5.34. The molecule has 0 amide bonds. The highest BCUT2D eigenvalue weighted by molar-refractivity contribution is 7.98. The molecule has 0 spiro atoms. The maximum Gasteiger partial charge on any atom is 0.192 e. The van der Waals surface area contributed by atoms with Gasteiger partial charge in [-0.25, -0.2) is 0 Å². The van der Waals surface area contributed by atoms with E-state index in [1.165, 1.54) is 27.1 Å². The highest BCUT2D eigenvalue weighted by Crippen LogP contribution is 2.39. The second kappa shape index (κ2) is 9.54. The zero-order chi connectivity index (χ0) is 21.8. The van der Waals surface area contributed by atoms with E-state index in [1.54, 1.807) is 30.2 Å². The van der Waals surface area contributed by atoms with Crippen LogP contribution in [-0.4, -0.2) is 21.9 Å². The number of nitrogens with zero attached hydrogens (tertiary/aromatic N) is 3. The van der Waals surface area contributed by atoms with E-state index in [1.807, 2.05) is 18.2 Å². The van der Waals surface area contributed by atoms with E-state index in [-0.39, 0.29) is 0 Å². The molecule has 0 atom stereocenters. The molecule has 0 N–H and O–H groups in total. The average Bonchev–Trinajstić information content (AvgIpc) is 3.36. The van der Waals surface area contributed by atoms with Gasteiger partial charge < -0.3 is 4.74 Å². The first-order valence-corrected chi connectivity index (χ1v) is 11.9. The van der Waals surface area contributed by atoms with Crippen LogP contribution >= 0.6 is 23.1 Å². The second-order valence-corrected chi connectivity index (χ2v) is 9.32. The van der Waals surface area contributed by atoms with Crippen molar-refractivity contribution in [2.75, 3.05) is 7.11 Å². The van der Waals surface area contributed by atoms with Gasteiger partial charge in [-0.3, -0.25) is 4.57 Å². The number of ether oxygens (including phenoxy) is 1. The van der Waals surface area contributed by atoms with Gasteiger partial charge in [0.1, 0.15) is 5.75 Å². The van der Waals surface area contributed by atoms with Gasteiger partial charge in [-0.2, -0.15) is 0 Å². The fraction of sp³-hybridized carbons (Fsp3) is 0.200. The summed E-state index contributed by atoms with van der Waals surface area (Å²) in [5.74, 6) is 2.54. The largest absolute Gasteiger partial charge is 0.497 e. The van der Waals surface area contributed by atoms with Crippen LogP contribution in [0.5, 0.6) is 5.75 Å². The smallest absolute Gasteiger partial charge is 0.192 e. The highest BCUT2D eigenvalue weighted by Gasteiger charge is 2.20. The third-order valence-corrected chi connectivity index (χ3v) is 7.04. The molecule has 2 aromatic carbocycles. The Kier molecular flexibility index (Phi) is 6.59. The third kappa shape index (κ3) is 4.60. The van der Waals surface area contributed by atoms with E-state index in [0.29, 0.717) is 6.54 Å². The molecule has 0 fully saturated rings. The molecule has 2 heterocycles. The van der Waals surface area contributed by atoms with Gasteiger partial charge in [-0.1, -0.05) is 59.8 Å². The van der Waals surface area contributed by atoms with Crippen molar-refractivity contribution in [1.29, 1.82) is 0 Å². The molecule has 0 aliphatic carbocycles. The number of methoxy groups -OCH3 is 1. The molecule has 0 aliphatic heterocycles. The van der Waals surface area contributed by atoms with Crippen molar-refractivity contribution in [3.05, 3.63) is 82.6 Å². The van der Waals surface area contributed by atoms with Gasteiger partial charge in [0, 0.05) is 33.7 Å². The molecule has 0 saturated carbocycles. The van der Waals surface area contributed by atoms with Crippen LogP contribution < -0.4 is 4.74 Å². The van der Waals surface area contributed by atoms with Gasteiger partial charge in [0.05, 0.1) is 7.11 Å². The summed E-state index contributed by atoms with van der Waals surface area (Å²) in [7, 11) is 1.69. The molecule has 4 rings (SSSR count). The van der Waals surface area contributed by atoms with Crippen molar-refractivity contribution >= 4 is 23.1 Å². The lowest BCUT2D eigenvalue weighted by molar-refractivity contribution is 0.414. The van der Waals surface area contributed by atoms with Crippen molar-refractivity contribution in [2.45, 2.75) is 31.3 Å². The van der Waals surface area contributed by atoms with Crippen molar-refractivity contribution < 1.29 is 4.74 Å². The maximum absolute atomic E-state index is 5.34. The topological polar surface area (TPSA) is 39.9 Å². The van der Waals surface area contributed by atoms with Crippen LogP contribution in [0.25, 0.3) is 22.5 Å². The monoisotopic (exact) mass is 447 g/mol. The summed E-state index contributed by atoms with van der Waals surface area (Å²) in [5, 5.41) is 12.2. The van der Waals surface area contributed by atoms with E-state index < -0.39 is 0 Å². The summed E-state index contributed by atoms with van der Waals surface area (Å²) in [5.41, 5.74) is 5.99. The molecule has 0 unspecified atom stereocenters. The molecule has 0 radical (unpaired) electrons. The van der Waals surface area contributed by atoms with Gasteiger partial charge in [-0.05, 0) is 37.1 Å². The van der Waals surface area contributed by atoms with E-state index >= 15 is 0 Å². The minimum absolute atomic E-state index is 0.658. The van der Waals surface area contributed by atoms with Crippen LogP contribution in [0.4, 0.5) is 0 Å². The lowest BCUT2D eigenvalue weighted by Gasteiger charge is -2.10. The summed E-state index contributed by atoms with van der Waals surface area (Å²) >= 11 is 3.42. The zero-order valence-corrected chi connectivity index (χ0v) is 19.6. The molecule has 6 heteroatoms. The third-order valence-electron chi connectivity index (χ3n) is 5.09. The predicted molar refractivity (Wildman–Crippen MR) is 131 cm³/mol. The summed E-state index contributed by atoms with van der Waals surface area (Å²) in [6.07, 6.45) is 1.90. The Labute approximate surface area is 191 Å². The molecule has 0 saturated heterocycles. The molecule has 4 aromatic rings. The number of hydrogen-bond acceptors (Lipinski definition) is 5. The van der Waals surface area contributed by atoms with Crippen molar-refractivity contribution in [3.63, 3.8) is 0 Å². The fourth-order valence-corrected chi connectivity index (χ4v) is 5.25. The number of thioether (sulfide) groups is 1. The molecule has 0 aliphatic rings. The second-order valence-electron chi connectivity index (χ2n) is 7.29. The number of aromatic nitrogens is 3. The number of rotatable bonds is 8. The summed E-state index contributed by atoms with van der Waals surface area (Å²) in [6.45, 7) is 8.88. The molecular formula is C25H25N3OS2. The predicted octanol–water partition coefficient (Wildman–Crippen LogP) is 6.78. The van der Waals surface area contributed by atoms with Gasteiger partial charge in [0.2, 0.25) is 0 Å². The van der Waals surface area contributed by atoms with Crippen LogP contribution in [0.1, 0.15) is 16.0 Å². The van der Waals surface area contributed by atoms with Crippen LogP contribution in [0, 0.1) is 13.8 Å². The van der Waals surface area contributed by atoms with E-state index in [2.05, 4.69) is 77.0 Å². The number of aryl methyl sites for hydroxylation is 2. The molecule has 0 bridgehead atoms. The average molecular weight is 448 g/mol. The minimum Gasteiger partial charge on any atom is -0.497 e. The normalized spacial score (nSPS) is 10.9. The summed E-state index contributed by atoms with van der Waals surface area (Å²) in [4.78, 5) is 1.28. The van der Waals surface area contributed by atoms with Gasteiger partial charge in [0.25, 0.3) is 0 Å². The van der Waals surface area contributed by atoms with Gasteiger partial charge in [0.15, 0.2) is 11.0 Å². The first kappa shape index (κ1) is 21.4. The Morgan fingerprint density at radius 1 is 1.13 bits per heavy atom. The number of benzene rings is 2. The lowest BCUT2D eigenvalue weighted by Crippen LogP contribution is -2.01. The van der Waals surface area contributed by atoms with E-state index in [0.717, 1.165) is 28.0 Å². The van der Waals surface area contributed by atoms with Crippen LogP contribution in [-0.2, 0) is 12.3 Å². The Morgan fingerprint density at radius 3 is 2.68 bits per heavy atom. The number of thiophene rings is 1. The summed E-state index contributed by atoms with van der Waals surface area (Å²) < 4.78 is 7.49. The van der Waals surface area contributed by atoms with Crippen LogP contribution in [0.2, 0.25) is 0 Å². The first-order valence-electron chi connectivity index (χ1n) is 10.1. The first-order chi connectivity index (χ1) is 15.1. The van der Waals surface area contributed by atoms with Gasteiger partial charge in [-0.15, -0.1) is 28.1 Å². The summed E-state index contributed by atoms with van der Waals surface area (Å²) in [6, 6.07) is 16.8. The minimum atomic E-state index is 0.658. The molecule has 4 nitrogen and oxygen atoms in total. The Bertz CT molecular complexity index is 1190. The Balaban J connectivity index is 1.68. The fourth-order valence-electron chi connectivity index (χ4n) is 3.50. The van der Waals surface area contributed by atoms with Crippen molar-refractivity contribution in [2.24, 2.45) is 0 Å². The van der Waals surface area contributed by atoms with E-state index in [9.17, 15) is 0 Å². The van der Waals surface area contributed by atoms with Crippen molar-refractivity contribution in [3.8, 4) is 28.3 Å². The SMILES string of the molecule is C=CCn1c(SCc2cccc(OC)c2)nnc1-c1csc(C)c1-c1ccc(C)cc1. The molecular weight excluding hydrogens is 422 g/mol. The lowest BCUT2D eigenvalue weighted by atomic mass is 10.0. The zero-order valence-electron chi connectivity index (χ0n) is 18.0. The van der Waals surface area contributed by atoms with Crippen LogP contribution in [0.15, 0.2) is 71.7 Å². The molecule has 31 heavy (non-hydrogen) atoms. The Morgan fingerprint density at radius 2 is 1.94 bits per heavy atom. The van der Waals surface area contributed by atoms with Crippen molar-refractivity contribution in [1.82, 2.24) is 14.8 Å². The Hall–Kier alpha value is -2.83. The van der Waals surface area contributed by atoms with Crippen LogP contribution in [0.3, 0.4) is 0 Å². The van der Waals surface area contributed by atoms with Gasteiger partial charge >= 0.3 is 0 Å².